The average Bonchev–Trinajstić information content (AvgIpc) is 3.31. The molecule has 0 saturated carbocycles. The van der Waals surface area contributed by atoms with Crippen LogP contribution in [0, 0.1) is 5.82 Å². The molecule has 0 atom stereocenters. The number of fused-ring (bicyclic) bond motifs is 1. The molecular formula is C18H19FN6O. The molecule has 3 aromatic rings. The SMILES string of the molecule is CN(CC(=O)N1CCCC1)c1ccc2nnc(-c3ccccc3F)n2n1. The Morgan fingerprint density at radius 3 is 2.69 bits per heavy atom. The van der Waals surface area contributed by atoms with E-state index < -0.39 is 0 Å². The van der Waals surface area contributed by atoms with Crippen molar-refractivity contribution in [2.24, 2.45) is 0 Å². The Bertz CT molecular complexity index is 950. The Morgan fingerprint density at radius 1 is 1.15 bits per heavy atom. The zero-order valence-electron chi connectivity index (χ0n) is 14.5. The van der Waals surface area contributed by atoms with Gasteiger partial charge in [0.1, 0.15) is 11.6 Å². The number of likely N-dealkylation sites (tertiary alicyclic amines) is 1. The third-order valence-electron chi connectivity index (χ3n) is 4.59. The van der Waals surface area contributed by atoms with E-state index in [2.05, 4.69) is 15.3 Å². The minimum Gasteiger partial charge on any atom is -0.349 e. The lowest BCUT2D eigenvalue weighted by molar-refractivity contribution is -0.128. The van der Waals surface area contributed by atoms with E-state index in [1.807, 2.05) is 11.9 Å². The van der Waals surface area contributed by atoms with Crippen LogP contribution in [0.3, 0.4) is 0 Å². The lowest BCUT2D eigenvalue weighted by Crippen LogP contribution is -2.37. The van der Waals surface area contributed by atoms with Gasteiger partial charge >= 0.3 is 0 Å². The molecule has 1 aliphatic heterocycles. The van der Waals surface area contributed by atoms with Gasteiger partial charge in [-0.3, -0.25) is 4.79 Å². The molecule has 8 heteroatoms. The summed E-state index contributed by atoms with van der Waals surface area (Å²) >= 11 is 0. The maximum absolute atomic E-state index is 14.1. The second-order valence-electron chi connectivity index (χ2n) is 6.41. The van der Waals surface area contributed by atoms with Gasteiger partial charge in [0.05, 0.1) is 12.1 Å². The first-order valence-electron chi connectivity index (χ1n) is 8.60. The highest BCUT2D eigenvalue weighted by molar-refractivity contribution is 5.81. The number of carbonyl (C=O) groups excluding carboxylic acids is 1. The number of hydrogen-bond acceptors (Lipinski definition) is 5. The van der Waals surface area contributed by atoms with E-state index >= 15 is 0 Å². The van der Waals surface area contributed by atoms with Crippen molar-refractivity contribution in [3.63, 3.8) is 0 Å². The molecule has 1 saturated heterocycles. The fourth-order valence-corrected chi connectivity index (χ4v) is 3.14. The smallest absolute Gasteiger partial charge is 0.242 e. The van der Waals surface area contributed by atoms with Crippen LogP contribution in [0.4, 0.5) is 10.2 Å². The van der Waals surface area contributed by atoms with Gasteiger partial charge in [0.2, 0.25) is 5.91 Å². The summed E-state index contributed by atoms with van der Waals surface area (Å²) in [6.45, 7) is 1.89. The third-order valence-corrected chi connectivity index (χ3v) is 4.59. The summed E-state index contributed by atoms with van der Waals surface area (Å²) in [6.07, 6.45) is 2.12. The molecule has 1 amide bonds. The van der Waals surface area contributed by atoms with Crippen molar-refractivity contribution in [1.82, 2.24) is 24.7 Å². The number of aromatic nitrogens is 4. The molecule has 0 aliphatic carbocycles. The molecule has 134 valence electrons. The van der Waals surface area contributed by atoms with E-state index in [0.717, 1.165) is 25.9 Å². The average molecular weight is 354 g/mol. The lowest BCUT2D eigenvalue weighted by Gasteiger charge is -2.21. The summed E-state index contributed by atoms with van der Waals surface area (Å²) in [5.41, 5.74) is 0.853. The van der Waals surface area contributed by atoms with E-state index in [1.165, 1.54) is 10.6 Å². The fraction of sp³-hybridized carbons (Fsp3) is 0.333. The maximum atomic E-state index is 14.1. The summed E-state index contributed by atoms with van der Waals surface area (Å²) in [6, 6.07) is 9.92. The molecule has 0 bridgehead atoms. The Kier molecular flexibility index (Phi) is 4.24. The van der Waals surface area contributed by atoms with Crippen molar-refractivity contribution < 1.29 is 9.18 Å². The molecule has 0 spiro atoms. The largest absolute Gasteiger partial charge is 0.349 e. The van der Waals surface area contributed by atoms with Gasteiger partial charge in [0.25, 0.3) is 0 Å². The first-order valence-corrected chi connectivity index (χ1v) is 8.60. The van der Waals surface area contributed by atoms with Crippen LogP contribution in [0.1, 0.15) is 12.8 Å². The zero-order chi connectivity index (χ0) is 18.1. The Balaban J connectivity index is 1.63. The second-order valence-corrected chi connectivity index (χ2v) is 6.41. The van der Waals surface area contributed by atoms with Gasteiger partial charge in [-0.2, -0.15) is 4.52 Å². The minimum absolute atomic E-state index is 0.0879. The van der Waals surface area contributed by atoms with E-state index in [-0.39, 0.29) is 18.3 Å². The van der Waals surface area contributed by atoms with Gasteiger partial charge < -0.3 is 9.80 Å². The number of benzene rings is 1. The number of hydrogen-bond donors (Lipinski definition) is 0. The standard InChI is InChI=1S/C18H19FN6O/c1-23(12-17(26)24-10-4-5-11-24)16-9-8-15-20-21-18(25(15)22-16)13-6-2-3-7-14(13)19/h2-3,6-9H,4-5,10-12H2,1H3. The quantitative estimate of drug-likeness (QED) is 0.717. The number of halogens is 1. The first kappa shape index (κ1) is 16.4. The Labute approximate surface area is 150 Å². The lowest BCUT2D eigenvalue weighted by atomic mass is 10.2. The van der Waals surface area contributed by atoms with Crippen molar-refractivity contribution in [3.8, 4) is 11.4 Å². The predicted octanol–water partition coefficient (Wildman–Crippen LogP) is 1.99. The second kappa shape index (κ2) is 6.70. The van der Waals surface area contributed by atoms with Gasteiger partial charge in [-0.1, -0.05) is 12.1 Å². The fourth-order valence-electron chi connectivity index (χ4n) is 3.14. The molecular weight excluding hydrogens is 335 g/mol. The van der Waals surface area contributed by atoms with Crippen molar-refractivity contribution in [2.45, 2.75) is 12.8 Å². The third kappa shape index (κ3) is 2.98. The highest BCUT2D eigenvalue weighted by Crippen LogP contribution is 2.22. The summed E-state index contributed by atoms with van der Waals surface area (Å²) < 4.78 is 15.6. The van der Waals surface area contributed by atoms with E-state index in [0.29, 0.717) is 22.9 Å². The molecule has 4 rings (SSSR count). The van der Waals surface area contributed by atoms with Crippen LogP contribution in [0.15, 0.2) is 36.4 Å². The topological polar surface area (TPSA) is 66.6 Å². The molecule has 1 aromatic carbocycles. The molecule has 1 fully saturated rings. The van der Waals surface area contributed by atoms with Gasteiger partial charge in [-0.15, -0.1) is 15.3 Å². The van der Waals surface area contributed by atoms with E-state index in [4.69, 9.17) is 0 Å². The predicted molar refractivity (Wildman–Crippen MR) is 95.3 cm³/mol. The highest BCUT2D eigenvalue weighted by Gasteiger charge is 2.20. The van der Waals surface area contributed by atoms with Crippen molar-refractivity contribution >= 4 is 17.4 Å². The monoisotopic (exact) mass is 354 g/mol. The molecule has 26 heavy (non-hydrogen) atoms. The van der Waals surface area contributed by atoms with Crippen LogP contribution in [0.25, 0.3) is 17.0 Å². The van der Waals surface area contributed by atoms with Crippen molar-refractivity contribution in [1.29, 1.82) is 0 Å². The van der Waals surface area contributed by atoms with Crippen molar-refractivity contribution in [3.05, 3.63) is 42.2 Å². The number of rotatable bonds is 4. The first-order chi connectivity index (χ1) is 12.6. The summed E-state index contributed by atoms with van der Waals surface area (Å²) in [4.78, 5) is 16.0. The normalized spacial score (nSPS) is 14.2. The van der Waals surface area contributed by atoms with Crippen molar-refractivity contribution in [2.75, 3.05) is 31.6 Å². The van der Waals surface area contributed by atoms with Crippen LogP contribution in [0.5, 0.6) is 0 Å². The molecule has 7 nitrogen and oxygen atoms in total. The summed E-state index contributed by atoms with van der Waals surface area (Å²) in [7, 11) is 1.81. The summed E-state index contributed by atoms with van der Waals surface area (Å²) in [5, 5.41) is 12.6. The molecule has 2 aromatic heterocycles. The molecule has 0 unspecified atom stereocenters. The van der Waals surface area contributed by atoms with Crippen LogP contribution in [0.2, 0.25) is 0 Å². The maximum Gasteiger partial charge on any atom is 0.242 e. The van der Waals surface area contributed by atoms with Gasteiger partial charge in [-0.25, -0.2) is 4.39 Å². The number of likely N-dealkylation sites (N-methyl/N-ethyl adjacent to an activating group) is 1. The molecule has 0 N–H and O–H groups in total. The van der Waals surface area contributed by atoms with E-state index in [1.54, 1.807) is 35.2 Å². The van der Waals surface area contributed by atoms with Crippen LogP contribution in [-0.4, -0.2) is 57.3 Å². The highest BCUT2D eigenvalue weighted by atomic mass is 19.1. The Hall–Kier alpha value is -3.03. The van der Waals surface area contributed by atoms with E-state index in [9.17, 15) is 9.18 Å². The zero-order valence-corrected chi connectivity index (χ0v) is 14.5. The van der Waals surface area contributed by atoms with Gasteiger partial charge in [0, 0.05) is 20.1 Å². The molecule has 0 radical (unpaired) electrons. The van der Waals surface area contributed by atoms with Gasteiger partial charge in [-0.05, 0) is 37.1 Å². The minimum atomic E-state index is -0.383. The number of anilines is 1. The molecule has 1 aliphatic rings. The molecule has 3 heterocycles. The van der Waals surface area contributed by atoms with Crippen LogP contribution >= 0.6 is 0 Å². The van der Waals surface area contributed by atoms with Gasteiger partial charge in [0.15, 0.2) is 11.5 Å². The number of nitrogens with zero attached hydrogens (tertiary/aromatic N) is 6. The number of amides is 1. The van der Waals surface area contributed by atoms with Crippen LogP contribution in [-0.2, 0) is 4.79 Å². The summed E-state index contributed by atoms with van der Waals surface area (Å²) in [5.74, 6) is 0.637. The Morgan fingerprint density at radius 2 is 1.92 bits per heavy atom. The number of carbonyl (C=O) groups is 1. The van der Waals surface area contributed by atoms with Crippen LogP contribution < -0.4 is 4.90 Å².